The standard InChI is InChI=1S/C11H7ClFNOS/c12-8-3-1-2-7(11(8)13)4-10(15)9-5-16-6-14-9/h1-3,5-6H,4H2. The summed E-state index contributed by atoms with van der Waals surface area (Å²) in [6, 6.07) is 4.62. The van der Waals surface area contributed by atoms with Crippen LogP contribution in [0.5, 0.6) is 0 Å². The number of hydrogen-bond acceptors (Lipinski definition) is 3. The number of hydrogen-bond donors (Lipinski definition) is 0. The van der Waals surface area contributed by atoms with Gasteiger partial charge in [-0.1, -0.05) is 23.7 Å². The lowest BCUT2D eigenvalue weighted by molar-refractivity contribution is 0.0988. The molecule has 0 aliphatic rings. The molecule has 0 N–H and O–H groups in total. The molecule has 0 saturated heterocycles. The molecule has 5 heteroatoms. The number of carbonyl (C=O) groups excluding carboxylic acids is 1. The van der Waals surface area contributed by atoms with Crippen LogP contribution < -0.4 is 0 Å². The van der Waals surface area contributed by atoms with Crippen molar-refractivity contribution in [3.05, 3.63) is 51.2 Å². The molecule has 0 bridgehead atoms. The van der Waals surface area contributed by atoms with E-state index in [-0.39, 0.29) is 17.2 Å². The Labute approximate surface area is 101 Å². The molecular weight excluding hydrogens is 249 g/mol. The van der Waals surface area contributed by atoms with Crippen molar-refractivity contribution in [2.24, 2.45) is 0 Å². The summed E-state index contributed by atoms with van der Waals surface area (Å²) in [6.07, 6.45) is -0.0177. The topological polar surface area (TPSA) is 30.0 Å². The number of Topliss-reactive ketones (excluding diaryl/α,β-unsaturated/α-hetero) is 1. The molecule has 1 heterocycles. The van der Waals surface area contributed by atoms with Gasteiger partial charge in [0, 0.05) is 11.8 Å². The lowest BCUT2D eigenvalue weighted by atomic mass is 10.1. The molecule has 0 aliphatic carbocycles. The number of carbonyl (C=O) groups is 1. The monoisotopic (exact) mass is 255 g/mol. The number of nitrogens with zero attached hydrogens (tertiary/aromatic N) is 1. The number of ketones is 1. The summed E-state index contributed by atoms with van der Waals surface area (Å²) < 4.78 is 13.5. The van der Waals surface area contributed by atoms with Crippen LogP contribution in [0.1, 0.15) is 16.1 Å². The maximum absolute atomic E-state index is 13.5. The maximum atomic E-state index is 13.5. The summed E-state index contributed by atoms with van der Waals surface area (Å²) in [5, 5.41) is 1.67. The highest BCUT2D eigenvalue weighted by Gasteiger charge is 2.13. The Morgan fingerprint density at radius 2 is 2.31 bits per heavy atom. The van der Waals surface area contributed by atoms with Gasteiger partial charge in [-0.05, 0) is 11.6 Å². The summed E-state index contributed by atoms with van der Waals surface area (Å²) in [5.74, 6) is -0.741. The van der Waals surface area contributed by atoms with Crippen molar-refractivity contribution in [1.29, 1.82) is 0 Å². The average molecular weight is 256 g/mol. The smallest absolute Gasteiger partial charge is 0.186 e. The molecule has 2 aromatic rings. The van der Waals surface area contributed by atoms with Crippen molar-refractivity contribution >= 4 is 28.7 Å². The molecule has 1 aromatic carbocycles. The molecule has 0 aliphatic heterocycles. The van der Waals surface area contributed by atoms with Gasteiger partial charge in [-0.15, -0.1) is 11.3 Å². The second-order valence-electron chi connectivity index (χ2n) is 3.19. The molecule has 1 aromatic heterocycles. The second kappa shape index (κ2) is 4.72. The summed E-state index contributed by atoms with van der Waals surface area (Å²) in [5.41, 5.74) is 2.23. The molecule has 2 nitrogen and oxygen atoms in total. The summed E-state index contributed by atoms with van der Waals surface area (Å²) in [4.78, 5) is 15.6. The minimum Gasteiger partial charge on any atom is -0.292 e. The van der Waals surface area contributed by atoms with Crippen LogP contribution in [0.4, 0.5) is 4.39 Å². The van der Waals surface area contributed by atoms with Crippen LogP contribution in [0.15, 0.2) is 29.1 Å². The first-order valence-electron chi connectivity index (χ1n) is 4.53. The van der Waals surface area contributed by atoms with Crippen molar-refractivity contribution in [2.45, 2.75) is 6.42 Å². The van der Waals surface area contributed by atoms with E-state index < -0.39 is 5.82 Å². The second-order valence-corrected chi connectivity index (χ2v) is 4.31. The zero-order chi connectivity index (χ0) is 11.5. The van der Waals surface area contributed by atoms with Crippen LogP contribution in [0.2, 0.25) is 5.02 Å². The van der Waals surface area contributed by atoms with E-state index in [1.807, 2.05) is 0 Å². The number of aromatic nitrogens is 1. The normalized spacial score (nSPS) is 10.4. The van der Waals surface area contributed by atoms with Gasteiger partial charge in [0.2, 0.25) is 0 Å². The zero-order valence-electron chi connectivity index (χ0n) is 8.11. The van der Waals surface area contributed by atoms with E-state index in [4.69, 9.17) is 11.6 Å². The maximum Gasteiger partial charge on any atom is 0.186 e. The molecule has 0 radical (unpaired) electrons. The van der Waals surface area contributed by atoms with Gasteiger partial charge in [0.15, 0.2) is 5.78 Å². The van der Waals surface area contributed by atoms with Crippen molar-refractivity contribution < 1.29 is 9.18 Å². The van der Waals surface area contributed by atoms with E-state index in [1.165, 1.54) is 17.4 Å². The first-order valence-corrected chi connectivity index (χ1v) is 5.85. The van der Waals surface area contributed by atoms with Crippen LogP contribution in [0.3, 0.4) is 0 Å². The summed E-state index contributed by atoms with van der Waals surface area (Å²) in [6.45, 7) is 0. The third-order valence-corrected chi connectivity index (χ3v) is 2.98. The number of thiazole rings is 1. The van der Waals surface area contributed by atoms with Crippen LogP contribution in [-0.2, 0) is 6.42 Å². The summed E-state index contributed by atoms with van der Waals surface area (Å²) >= 11 is 6.96. The first kappa shape index (κ1) is 11.2. The van der Waals surface area contributed by atoms with Gasteiger partial charge >= 0.3 is 0 Å². The van der Waals surface area contributed by atoms with Gasteiger partial charge in [0.05, 0.1) is 10.5 Å². The Hall–Kier alpha value is -1.26. The molecule has 0 unspecified atom stereocenters. The number of benzene rings is 1. The highest BCUT2D eigenvalue weighted by molar-refractivity contribution is 7.07. The largest absolute Gasteiger partial charge is 0.292 e. The van der Waals surface area contributed by atoms with E-state index in [1.54, 1.807) is 23.0 Å². The first-order chi connectivity index (χ1) is 7.68. The van der Waals surface area contributed by atoms with Gasteiger partial charge in [-0.25, -0.2) is 9.37 Å². The van der Waals surface area contributed by atoms with E-state index in [2.05, 4.69) is 4.98 Å². The van der Waals surface area contributed by atoms with E-state index in [9.17, 15) is 9.18 Å². The van der Waals surface area contributed by atoms with E-state index in [0.29, 0.717) is 11.3 Å². The van der Waals surface area contributed by atoms with Crippen LogP contribution in [0, 0.1) is 5.82 Å². The van der Waals surface area contributed by atoms with Crippen LogP contribution in [0.25, 0.3) is 0 Å². The third-order valence-electron chi connectivity index (χ3n) is 2.10. The van der Waals surface area contributed by atoms with Crippen molar-refractivity contribution in [2.75, 3.05) is 0 Å². The summed E-state index contributed by atoms with van der Waals surface area (Å²) in [7, 11) is 0. The van der Waals surface area contributed by atoms with Gasteiger partial charge in [-0.2, -0.15) is 0 Å². The fraction of sp³-hybridized carbons (Fsp3) is 0.0909. The number of halogens is 2. The van der Waals surface area contributed by atoms with Crippen molar-refractivity contribution in [1.82, 2.24) is 4.98 Å². The zero-order valence-corrected chi connectivity index (χ0v) is 9.69. The molecule has 16 heavy (non-hydrogen) atoms. The third kappa shape index (κ3) is 2.28. The fourth-order valence-electron chi connectivity index (χ4n) is 1.30. The van der Waals surface area contributed by atoms with Crippen LogP contribution in [-0.4, -0.2) is 10.8 Å². The predicted molar refractivity (Wildman–Crippen MR) is 61.6 cm³/mol. The van der Waals surface area contributed by atoms with Crippen molar-refractivity contribution in [3.63, 3.8) is 0 Å². The Kier molecular flexibility index (Phi) is 3.31. The lowest BCUT2D eigenvalue weighted by Crippen LogP contribution is -2.05. The molecule has 0 fully saturated rings. The predicted octanol–water partition coefficient (Wildman–Crippen LogP) is 3.36. The Balaban J connectivity index is 2.22. The fourth-order valence-corrected chi connectivity index (χ4v) is 2.05. The highest BCUT2D eigenvalue weighted by atomic mass is 35.5. The number of rotatable bonds is 3. The molecule has 0 amide bonds. The minimum absolute atomic E-state index is 0.0177. The van der Waals surface area contributed by atoms with Gasteiger partial charge in [0.1, 0.15) is 11.5 Å². The van der Waals surface area contributed by atoms with Gasteiger partial charge < -0.3 is 0 Å². The minimum atomic E-state index is -0.534. The molecule has 0 atom stereocenters. The Bertz CT molecular complexity index is 513. The molecule has 0 saturated carbocycles. The average Bonchev–Trinajstić information content (AvgIpc) is 2.78. The highest BCUT2D eigenvalue weighted by Crippen LogP contribution is 2.19. The molecular formula is C11H7ClFNOS. The Morgan fingerprint density at radius 1 is 1.50 bits per heavy atom. The molecule has 82 valence electrons. The van der Waals surface area contributed by atoms with E-state index >= 15 is 0 Å². The quantitative estimate of drug-likeness (QED) is 0.787. The SMILES string of the molecule is O=C(Cc1cccc(Cl)c1F)c1cscn1. The van der Waals surface area contributed by atoms with Gasteiger partial charge in [-0.3, -0.25) is 4.79 Å². The molecule has 2 rings (SSSR count). The lowest BCUT2D eigenvalue weighted by Gasteiger charge is -2.02. The van der Waals surface area contributed by atoms with Crippen LogP contribution >= 0.6 is 22.9 Å². The van der Waals surface area contributed by atoms with Crippen molar-refractivity contribution in [3.8, 4) is 0 Å². The molecule has 0 spiro atoms. The Morgan fingerprint density at radius 3 is 3.00 bits per heavy atom. The van der Waals surface area contributed by atoms with Gasteiger partial charge in [0.25, 0.3) is 0 Å². The van der Waals surface area contributed by atoms with E-state index in [0.717, 1.165) is 0 Å².